The topological polar surface area (TPSA) is 114 Å². The number of nitrogens with one attached hydrogen (secondary N) is 2. The fraction of sp³-hybridized carbons (Fsp3) is 0.0588. The Balaban J connectivity index is 1.66. The Morgan fingerprint density at radius 1 is 1.12 bits per heavy atom. The summed E-state index contributed by atoms with van der Waals surface area (Å²) in [6, 6.07) is 16.4. The normalized spacial score (nSPS) is 15.9. The molecule has 0 fully saturated rings. The molecule has 8 heteroatoms. The molecule has 0 spiro atoms. The van der Waals surface area contributed by atoms with Crippen molar-refractivity contribution in [2.75, 3.05) is 0 Å². The molecule has 1 aliphatic rings. The number of fused-ring (bicyclic) bond motifs is 1. The number of para-hydroxylation sites is 1. The molecule has 8 nitrogen and oxygen atoms in total. The van der Waals surface area contributed by atoms with Crippen LogP contribution in [0.4, 0.5) is 0 Å². The molecule has 3 aromatic rings. The van der Waals surface area contributed by atoms with Gasteiger partial charge in [0.25, 0.3) is 5.91 Å². The minimum Gasteiger partial charge on any atom is -0.438 e. The number of nitrogens with two attached hydrogens (primary N) is 1. The van der Waals surface area contributed by atoms with E-state index < -0.39 is 5.91 Å². The fourth-order valence-electron chi connectivity index (χ4n) is 2.54. The number of hydrazine groups is 1. The first kappa shape index (κ1) is 15.0. The van der Waals surface area contributed by atoms with Crippen LogP contribution in [-0.4, -0.2) is 10.9 Å². The van der Waals surface area contributed by atoms with E-state index >= 15 is 0 Å². The SMILES string of the molecule is NC(=O)c1cc2ccccc2nc1Oc1ccc(C2N=NNN2)cc1. The van der Waals surface area contributed by atoms with Gasteiger partial charge in [0.2, 0.25) is 5.88 Å². The lowest BCUT2D eigenvalue weighted by molar-refractivity contribution is 0.0997. The number of primary amides is 1. The molecule has 0 bridgehead atoms. The number of carbonyl (C=O) groups excluding carboxylic acids is 1. The van der Waals surface area contributed by atoms with E-state index in [1.807, 2.05) is 36.4 Å². The van der Waals surface area contributed by atoms with E-state index in [4.69, 9.17) is 10.5 Å². The van der Waals surface area contributed by atoms with Gasteiger partial charge >= 0.3 is 0 Å². The summed E-state index contributed by atoms with van der Waals surface area (Å²) in [6.07, 6.45) is -0.242. The van der Waals surface area contributed by atoms with Crippen molar-refractivity contribution < 1.29 is 9.53 Å². The van der Waals surface area contributed by atoms with Gasteiger partial charge in [-0.3, -0.25) is 4.79 Å². The highest BCUT2D eigenvalue weighted by Gasteiger charge is 2.16. The lowest BCUT2D eigenvalue weighted by Crippen LogP contribution is -2.23. The van der Waals surface area contributed by atoms with Crippen molar-refractivity contribution >= 4 is 16.8 Å². The largest absolute Gasteiger partial charge is 0.438 e. The minimum absolute atomic E-state index is 0.180. The zero-order chi connectivity index (χ0) is 17.2. The predicted octanol–water partition coefficient (Wildman–Crippen LogP) is 2.60. The Kier molecular flexibility index (Phi) is 3.71. The first-order chi connectivity index (χ1) is 12.2. The molecule has 1 aromatic heterocycles. The molecule has 2 aromatic carbocycles. The standard InChI is InChI=1S/C17H14N6O2/c18-15(24)13-9-11-3-1-2-4-14(11)19-17(13)25-12-7-5-10(6-8-12)16-20-22-23-21-16/h1-9,16H,(H2,18,24)(H,20,23)(H,21,22). The van der Waals surface area contributed by atoms with E-state index in [0.717, 1.165) is 16.5 Å². The Bertz CT molecular complexity index is 971. The van der Waals surface area contributed by atoms with Crippen molar-refractivity contribution in [2.45, 2.75) is 6.17 Å². The molecule has 1 unspecified atom stereocenters. The van der Waals surface area contributed by atoms with Crippen molar-refractivity contribution in [1.82, 2.24) is 15.9 Å². The van der Waals surface area contributed by atoms with E-state index in [0.29, 0.717) is 5.75 Å². The highest BCUT2D eigenvalue weighted by Crippen LogP contribution is 2.28. The number of pyridine rings is 1. The molecule has 1 amide bonds. The predicted molar refractivity (Wildman–Crippen MR) is 90.6 cm³/mol. The molecule has 124 valence electrons. The van der Waals surface area contributed by atoms with E-state index in [-0.39, 0.29) is 17.6 Å². The third-order valence-electron chi connectivity index (χ3n) is 3.79. The smallest absolute Gasteiger partial charge is 0.254 e. The lowest BCUT2D eigenvalue weighted by atomic mass is 10.1. The molecular formula is C17H14N6O2. The molecular weight excluding hydrogens is 320 g/mol. The summed E-state index contributed by atoms with van der Waals surface area (Å²) in [4.78, 5) is 16.2. The van der Waals surface area contributed by atoms with Crippen LogP contribution in [0.2, 0.25) is 0 Å². The zero-order valence-corrected chi connectivity index (χ0v) is 13.0. The van der Waals surface area contributed by atoms with E-state index in [2.05, 4.69) is 26.3 Å². The van der Waals surface area contributed by atoms with E-state index in [9.17, 15) is 4.79 Å². The van der Waals surface area contributed by atoms with Crippen molar-refractivity contribution in [2.24, 2.45) is 16.1 Å². The highest BCUT2D eigenvalue weighted by molar-refractivity contribution is 5.98. The monoisotopic (exact) mass is 334 g/mol. The number of hydrogen-bond acceptors (Lipinski definition) is 7. The maximum atomic E-state index is 11.7. The minimum atomic E-state index is -0.591. The fourth-order valence-corrected chi connectivity index (χ4v) is 2.54. The summed E-state index contributed by atoms with van der Waals surface area (Å²) >= 11 is 0. The van der Waals surface area contributed by atoms with Crippen LogP contribution in [-0.2, 0) is 0 Å². The maximum Gasteiger partial charge on any atom is 0.254 e. The second-order valence-electron chi connectivity index (χ2n) is 5.44. The second kappa shape index (κ2) is 6.17. The van der Waals surface area contributed by atoms with Crippen LogP contribution >= 0.6 is 0 Å². The molecule has 0 saturated carbocycles. The van der Waals surface area contributed by atoms with Gasteiger partial charge in [0.1, 0.15) is 11.3 Å². The molecule has 1 atom stereocenters. The Morgan fingerprint density at radius 2 is 1.92 bits per heavy atom. The number of nitrogens with zero attached hydrogens (tertiary/aromatic N) is 3. The van der Waals surface area contributed by atoms with Gasteiger partial charge in [0.05, 0.1) is 5.52 Å². The van der Waals surface area contributed by atoms with Gasteiger partial charge in [0.15, 0.2) is 6.17 Å². The highest BCUT2D eigenvalue weighted by atomic mass is 16.5. The molecule has 1 aliphatic heterocycles. The van der Waals surface area contributed by atoms with Crippen molar-refractivity contribution in [1.29, 1.82) is 0 Å². The van der Waals surface area contributed by atoms with Crippen LogP contribution < -0.4 is 21.4 Å². The number of ether oxygens (including phenoxy) is 1. The summed E-state index contributed by atoms with van der Waals surface area (Å²) in [5.41, 5.74) is 12.8. The van der Waals surface area contributed by atoms with E-state index in [1.54, 1.807) is 18.2 Å². The number of rotatable bonds is 4. The van der Waals surface area contributed by atoms with Crippen molar-refractivity contribution in [3.05, 3.63) is 65.7 Å². The van der Waals surface area contributed by atoms with Gasteiger partial charge in [-0.05, 0) is 29.8 Å². The van der Waals surface area contributed by atoms with Crippen molar-refractivity contribution in [3.8, 4) is 11.6 Å². The van der Waals surface area contributed by atoms with Crippen LogP contribution in [0.25, 0.3) is 10.9 Å². The first-order valence-electron chi connectivity index (χ1n) is 7.58. The van der Waals surface area contributed by atoms with Crippen LogP contribution in [0.5, 0.6) is 11.6 Å². The van der Waals surface area contributed by atoms with Gasteiger partial charge in [-0.1, -0.05) is 35.6 Å². The van der Waals surface area contributed by atoms with Gasteiger partial charge < -0.3 is 10.5 Å². The number of carbonyl (C=O) groups is 1. The van der Waals surface area contributed by atoms with Gasteiger partial charge in [-0.2, -0.15) is 5.43 Å². The summed E-state index contributed by atoms with van der Waals surface area (Å²) in [7, 11) is 0. The molecule has 4 N–H and O–H groups in total. The Morgan fingerprint density at radius 3 is 2.64 bits per heavy atom. The molecule has 0 radical (unpaired) electrons. The average molecular weight is 334 g/mol. The molecule has 2 heterocycles. The summed E-state index contributed by atoms with van der Waals surface area (Å²) in [5.74, 6) is 0.128. The Labute approximate surface area is 142 Å². The maximum absolute atomic E-state index is 11.7. The van der Waals surface area contributed by atoms with Crippen LogP contribution in [0, 0.1) is 0 Å². The number of benzene rings is 2. The van der Waals surface area contributed by atoms with Gasteiger partial charge in [-0.15, -0.1) is 5.11 Å². The van der Waals surface area contributed by atoms with Crippen molar-refractivity contribution in [3.63, 3.8) is 0 Å². The molecule has 0 saturated heterocycles. The summed E-state index contributed by atoms with van der Waals surface area (Å²) < 4.78 is 5.79. The summed E-state index contributed by atoms with van der Waals surface area (Å²) in [5, 5.41) is 8.47. The van der Waals surface area contributed by atoms with E-state index in [1.165, 1.54) is 0 Å². The van der Waals surface area contributed by atoms with Gasteiger partial charge in [0, 0.05) is 5.39 Å². The number of aromatic nitrogens is 1. The lowest BCUT2D eigenvalue weighted by Gasteiger charge is -2.11. The molecule has 0 aliphatic carbocycles. The van der Waals surface area contributed by atoms with Crippen LogP contribution in [0.1, 0.15) is 22.1 Å². The Hall–Kier alpha value is -3.52. The number of amides is 1. The third-order valence-corrected chi connectivity index (χ3v) is 3.79. The molecule has 4 rings (SSSR count). The van der Waals surface area contributed by atoms with Crippen LogP contribution in [0.15, 0.2) is 64.9 Å². The first-order valence-corrected chi connectivity index (χ1v) is 7.58. The third kappa shape index (κ3) is 2.98. The molecule has 25 heavy (non-hydrogen) atoms. The number of hydrogen-bond donors (Lipinski definition) is 3. The second-order valence-corrected chi connectivity index (χ2v) is 5.44. The quantitative estimate of drug-likeness (QED) is 0.678. The summed E-state index contributed by atoms with van der Waals surface area (Å²) in [6.45, 7) is 0. The van der Waals surface area contributed by atoms with Crippen LogP contribution in [0.3, 0.4) is 0 Å². The zero-order valence-electron chi connectivity index (χ0n) is 13.0. The average Bonchev–Trinajstić information content (AvgIpc) is 3.16. The van der Waals surface area contributed by atoms with Gasteiger partial charge in [-0.25, -0.2) is 10.5 Å².